The zero-order chi connectivity index (χ0) is 27.2. The maximum absolute atomic E-state index is 13.1. The van der Waals surface area contributed by atoms with Crippen LogP contribution in [0.15, 0.2) is 78.2 Å². The van der Waals surface area contributed by atoms with E-state index in [1.807, 2.05) is 34.5 Å². The zero-order valence-electron chi connectivity index (χ0n) is 22.0. The highest BCUT2D eigenvalue weighted by molar-refractivity contribution is 7.10. The standard InChI is InChI=1S/C32H32FN3O2S/c1-2-22-7-12-24(13-8-22)27-5-3-4-6-28(27)34-31(38)29-21-39-32(35-29)25-17-19-36(20-18-25)30(37)16-11-23-9-14-26(33)15-10-23/h3-10,12-15,21,25H,2,11,16-20H2,1H3,(H,34,38). The molecule has 1 aliphatic rings. The van der Waals surface area contributed by atoms with Crippen molar-refractivity contribution in [1.82, 2.24) is 9.88 Å². The van der Waals surface area contributed by atoms with Crippen LogP contribution in [0.1, 0.15) is 58.7 Å². The normalized spacial score (nSPS) is 13.8. The summed E-state index contributed by atoms with van der Waals surface area (Å²) in [5, 5.41) is 5.82. The molecule has 0 radical (unpaired) electrons. The number of para-hydroxylation sites is 1. The molecule has 0 saturated carbocycles. The summed E-state index contributed by atoms with van der Waals surface area (Å²) in [5.74, 6) is -0.122. The monoisotopic (exact) mass is 541 g/mol. The number of nitrogens with one attached hydrogen (secondary N) is 1. The fourth-order valence-corrected chi connectivity index (χ4v) is 5.94. The lowest BCUT2D eigenvalue weighted by molar-refractivity contribution is -0.132. The third kappa shape index (κ3) is 6.60. The van der Waals surface area contributed by atoms with Gasteiger partial charge in [0.15, 0.2) is 0 Å². The number of halogens is 1. The van der Waals surface area contributed by atoms with Crippen LogP contribution in [0.2, 0.25) is 0 Å². The van der Waals surface area contributed by atoms with Gasteiger partial charge in [-0.05, 0) is 60.6 Å². The molecule has 0 bridgehead atoms. The van der Waals surface area contributed by atoms with Crippen molar-refractivity contribution < 1.29 is 14.0 Å². The van der Waals surface area contributed by atoms with Crippen LogP contribution < -0.4 is 5.32 Å². The predicted molar refractivity (Wildman–Crippen MR) is 155 cm³/mol. The molecular formula is C32H32FN3O2S. The summed E-state index contributed by atoms with van der Waals surface area (Å²) in [4.78, 5) is 32.4. The average molecular weight is 542 g/mol. The highest BCUT2D eigenvalue weighted by Crippen LogP contribution is 2.32. The van der Waals surface area contributed by atoms with Crippen LogP contribution in [0.5, 0.6) is 0 Å². The third-order valence-corrected chi connectivity index (χ3v) is 8.35. The molecule has 1 N–H and O–H groups in total. The van der Waals surface area contributed by atoms with Gasteiger partial charge < -0.3 is 10.2 Å². The van der Waals surface area contributed by atoms with Crippen LogP contribution in [0.4, 0.5) is 10.1 Å². The van der Waals surface area contributed by atoms with E-state index in [1.54, 1.807) is 12.1 Å². The molecule has 39 heavy (non-hydrogen) atoms. The Hall–Kier alpha value is -3.84. The second-order valence-corrected chi connectivity index (χ2v) is 10.8. The van der Waals surface area contributed by atoms with Gasteiger partial charge in [-0.1, -0.05) is 61.5 Å². The molecule has 1 fully saturated rings. The molecule has 0 unspecified atom stereocenters. The Morgan fingerprint density at radius 1 is 0.974 bits per heavy atom. The molecule has 1 saturated heterocycles. The lowest BCUT2D eigenvalue weighted by Crippen LogP contribution is -2.38. The summed E-state index contributed by atoms with van der Waals surface area (Å²) in [6.45, 7) is 3.49. The summed E-state index contributed by atoms with van der Waals surface area (Å²) in [6, 6.07) is 22.5. The number of amides is 2. The summed E-state index contributed by atoms with van der Waals surface area (Å²) in [5.41, 5.74) is 5.44. The van der Waals surface area contributed by atoms with Crippen molar-refractivity contribution in [3.63, 3.8) is 0 Å². The lowest BCUT2D eigenvalue weighted by atomic mass is 9.97. The molecule has 0 aliphatic carbocycles. The quantitative estimate of drug-likeness (QED) is 0.259. The topological polar surface area (TPSA) is 62.3 Å². The van der Waals surface area contributed by atoms with Crippen LogP contribution in [0, 0.1) is 5.82 Å². The number of aryl methyl sites for hydroxylation is 2. The van der Waals surface area contributed by atoms with E-state index in [1.165, 1.54) is 29.0 Å². The molecule has 5 nitrogen and oxygen atoms in total. The molecule has 1 aliphatic heterocycles. The molecule has 2 heterocycles. The highest BCUT2D eigenvalue weighted by Gasteiger charge is 2.26. The fourth-order valence-electron chi connectivity index (χ4n) is 4.97. The fraction of sp³-hybridized carbons (Fsp3) is 0.281. The SMILES string of the molecule is CCc1ccc(-c2ccccc2NC(=O)c2csc(C3CCN(C(=O)CCc4ccc(F)cc4)CC3)n2)cc1. The Balaban J connectivity index is 1.16. The molecule has 4 aromatic rings. The highest BCUT2D eigenvalue weighted by atomic mass is 32.1. The van der Waals surface area contributed by atoms with Crippen molar-refractivity contribution in [3.8, 4) is 11.1 Å². The number of hydrogen-bond donors (Lipinski definition) is 1. The van der Waals surface area contributed by atoms with Gasteiger partial charge in [-0.25, -0.2) is 9.37 Å². The number of piperidine rings is 1. The first kappa shape index (κ1) is 26.8. The molecule has 0 atom stereocenters. The van der Waals surface area contributed by atoms with Crippen molar-refractivity contribution in [2.75, 3.05) is 18.4 Å². The zero-order valence-corrected chi connectivity index (χ0v) is 22.8. The minimum atomic E-state index is -0.266. The first-order valence-electron chi connectivity index (χ1n) is 13.5. The predicted octanol–water partition coefficient (Wildman–Crippen LogP) is 7.10. The number of anilines is 1. The van der Waals surface area contributed by atoms with E-state index in [9.17, 15) is 14.0 Å². The summed E-state index contributed by atoms with van der Waals surface area (Å²) in [6.07, 6.45) is 3.66. The second kappa shape index (κ2) is 12.3. The Morgan fingerprint density at radius 2 is 1.67 bits per heavy atom. The van der Waals surface area contributed by atoms with Crippen LogP contribution in [0.3, 0.4) is 0 Å². The van der Waals surface area contributed by atoms with E-state index in [4.69, 9.17) is 0 Å². The molecule has 1 aromatic heterocycles. The maximum Gasteiger partial charge on any atom is 0.275 e. The van der Waals surface area contributed by atoms with Gasteiger partial charge in [0.05, 0.1) is 5.01 Å². The number of nitrogens with zero attached hydrogens (tertiary/aromatic N) is 2. The van der Waals surface area contributed by atoms with Gasteiger partial charge in [0.25, 0.3) is 5.91 Å². The molecule has 7 heteroatoms. The smallest absolute Gasteiger partial charge is 0.275 e. The van der Waals surface area contributed by atoms with Crippen molar-refractivity contribution in [3.05, 3.63) is 106 Å². The molecule has 3 aromatic carbocycles. The minimum Gasteiger partial charge on any atom is -0.343 e. The van der Waals surface area contributed by atoms with Gasteiger partial charge in [-0.3, -0.25) is 9.59 Å². The van der Waals surface area contributed by atoms with Crippen LogP contribution in [-0.4, -0.2) is 34.8 Å². The summed E-state index contributed by atoms with van der Waals surface area (Å²) < 4.78 is 13.1. The van der Waals surface area contributed by atoms with Crippen LogP contribution in [0.25, 0.3) is 11.1 Å². The first-order chi connectivity index (χ1) is 19.0. The first-order valence-corrected chi connectivity index (χ1v) is 14.4. The molecule has 0 spiro atoms. The maximum atomic E-state index is 13.1. The molecule has 200 valence electrons. The van der Waals surface area contributed by atoms with Gasteiger partial charge in [-0.15, -0.1) is 11.3 Å². The lowest BCUT2D eigenvalue weighted by Gasteiger charge is -2.31. The van der Waals surface area contributed by atoms with Crippen LogP contribution in [-0.2, 0) is 17.6 Å². The van der Waals surface area contributed by atoms with Gasteiger partial charge in [0.2, 0.25) is 5.91 Å². The third-order valence-electron chi connectivity index (χ3n) is 7.34. The molecule has 2 amide bonds. The van der Waals surface area contributed by atoms with E-state index in [-0.39, 0.29) is 23.5 Å². The second-order valence-electron chi connectivity index (χ2n) is 9.90. The number of carbonyl (C=O) groups is 2. The van der Waals surface area contributed by atoms with Gasteiger partial charge >= 0.3 is 0 Å². The number of benzene rings is 3. The number of hydrogen-bond acceptors (Lipinski definition) is 4. The van der Waals surface area contributed by atoms with E-state index < -0.39 is 0 Å². The number of likely N-dealkylation sites (tertiary alicyclic amines) is 1. The van der Waals surface area contributed by atoms with E-state index in [2.05, 4.69) is 41.5 Å². The van der Waals surface area contributed by atoms with E-state index in [0.29, 0.717) is 31.6 Å². The number of thiazole rings is 1. The number of carbonyl (C=O) groups excluding carboxylic acids is 2. The van der Waals surface area contributed by atoms with Crippen molar-refractivity contribution >= 4 is 28.8 Å². The van der Waals surface area contributed by atoms with Crippen molar-refractivity contribution in [2.45, 2.75) is 44.9 Å². The molecular weight excluding hydrogens is 509 g/mol. The summed E-state index contributed by atoms with van der Waals surface area (Å²) >= 11 is 1.51. The Bertz CT molecular complexity index is 1420. The Kier molecular flexibility index (Phi) is 8.47. The van der Waals surface area contributed by atoms with Crippen LogP contribution >= 0.6 is 11.3 Å². The van der Waals surface area contributed by atoms with Gasteiger partial charge in [0.1, 0.15) is 11.5 Å². The number of rotatable bonds is 8. The van der Waals surface area contributed by atoms with Crippen molar-refractivity contribution in [1.29, 1.82) is 0 Å². The Labute approximate surface area is 232 Å². The van der Waals surface area contributed by atoms with Gasteiger partial charge in [0, 0.05) is 42.1 Å². The summed E-state index contributed by atoms with van der Waals surface area (Å²) in [7, 11) is 0. The largest absolute Gasteiger partial charge is 0.343 e. The van der Waals surface area contributed by atoms with Gasteiger partial charge in [-0.2, -0.15) is 0 Å². The minimum absolute atomic E-state index is 0.125. The Morgan fingerprint density at radius 3 is 2.38 bits per heavy atom. The van der Waals surface area contributed by atoms with E-state index >= 15 is 0 Å². The average Bonchev–Trinajstić information content (AvgIpc) is 3.48. The van der Waals surface area contributed by atoms with E-state index in [0.717, 1.165) is 46.6 Å². The number of aromatic nitrogens is 1. The van der Waals surface area contributed by atoms with Crippen molar-refractivity contribution in [2.24, 2.45) is 0 Å². The molecule has 5 rings (SSSR count).